The number of rotatable bonds is 6. The molecule has 1 heterocycles. The van der Waals surface area contributed by atoms with Gasteiger partial charge < -0.3 is 0 Å². The van der Waals surface area contributed by atoms with Crippen LogP contribution in [0, 0.1) is 5.92 Å². The molecule has 0 aromatic carbocycles. The number of hydrogen-bond donors (Lipinski definition) is 1. The molecule has 8 heteroatoms. The highest BCUT2D eigenvalue weighted by atomic mass is 32.2. The van der Waals surface area contributed by atoms with E-state index in [4.69, 9.17) is 0 Å². The number of hydrogen-bond acceptors (Lipinski definition) is 4. The highest BCUT2D eigenvalue weighted by Gasteiger charge is 2.37. The monoisotopic (exact) mass is 336 g/mol. The SMILES string of the molecule is C=CS(=O)(=O)NCC1CCN(S(=O)(=O)C2CCCCC2)C1. The van der Waals surface area contributed by atoms with Crippen LogP contribution < -0.4 is 4.72 Å². The first-order valence-electron chi connectivity index (χ1n) is 7.46. The number of nitrogens with zero attached hydrogens (tertiary/aromatic N) is 1. The molecule has 1 saturated heterocycles. The summed E-state index contributed by atoms with van der Waals surface area (Å²) in [5.41, 5.74) is 0. The van der Waals surface area contributed by atoms with E-state index in [2.05, 4.69) is 11.3 Å². The largest absolute Gasteiger partial charge is 0.233 e. The predicted molar refractivity (Wildman–Crippen MR) is 82.6 cm³/mol. The first-order valence-corrected chi connectivity index (χ1v) is 10.5. The summed E-state index contributed by atoms with van der Waals surface area (Å²) in [6.45, 7) is 4.42. The minimum atomic E-state index is -3.43. The zero-order valence-electron chi connectivity index (χ0n) is 12.2. The van der Waals surface area contributed by atoms with Crippen LogP contribution in [0.5, 0.6) is 0 Å². The fourth-order valence-electron chi connectivity index (χ4n) is 3.06. The summed E-state index contributed by atoms with van der Waals surface area (Å²) >= 11 is 0. The lowest BCUT2D eigenvalue weighted by Crippen LogP contribution is -2.39. The van der Waals surface area contributed by atoms with Gasteiger partial charge in [-0.3, -0.25) is 0 Å². The van der Waals surface area contributed by atoms with Gasteiger partial charge in [0, 0.05) is 25.0 Å². The Labute approximate surface area is 127 Å². The molecule has 0 aromatic rings. The summed E-state index contributed by atoms with van der Waals surface area (Å²) in [5, 5.41) is 0.633. The van der Waals surface area contributed by atoms with E-state index in [1.807, 2.05) is 0 Å². The van der Waals surface area contributed by atoms with E-state index >= 15 is 0 Å². The van der Waals surface area contributed by atoms with Crippen LogP contribution in [-0.2, 0) is 20.0 Å². The van der Waals surface area contributed by atoms with Crippen LogP contribution in [0.4, 0.5) is 0 Å². The van der Waals surface area contributed by atoms with Crippen LogP contribution in [0.15, 0.2) is 12.0 Å². The molecule has 0 amide bonds. The summed E-state index contributed by atoms with van der Waals surface area (Å²) in [7, 11) is -6.65. The van der Waals surface area contributed by atoms with E-state index in [0.717, 1.165) is 37.5 Å². The van der Waals surface area contributed by atoms with Gasteiger partial charge in [-0.2, -0.15) is 0 Å². The quantitative estimate of drug-likeness (QED) is 0.785. The van der Waals surface area contributed by atoms with Crippen molar-refractivity contribution < 1.29 is 16.8 Å². The van der Waals surface area contributed by atoms with Crippen molar-refractivity contribution in [1.29, 1.82) is 0 Å². The van der Waals surface area contributed by atoms with E-state index in [1.54, 1.807) is 4.31 Å². The molecule has 0 bridgehead atoms. The summed E-state index contributed by atoms with van der Waals surface area (Å²) < 4.78 is 51.8. The van der Waals surface area contributed by atoms with Crippen molar-refractivity contribution in [2.45, 2.75) is 43.8 Å². The van der Waals surface area contributed by atoms with Crippen LogP contribution in [0.25, 0.3) is 0 Å². The van der Waals surface area contributed by atoms with Crippen molar-refractivity contribution in [2.75, 3.05) is 19.6 Å². The molecule has 0 aromatic heterocycles. The van der Waals surface area contributed by atoms with Gasteiger partial charge in [-0.15, -0.1) is 0 Å². The van der Waals surface area contributed by atoms with Crippen molar-refractivity contribution in [1.82, 2.24) is 9.03 Å². The van der Waals surface area contributed by atoms with Crippen molar-refractivity contribution in [3.63, 3.8) is 0 Å². The molecule has 6 nitrogen and oxygen atoms in total. The second kappa shape index (κ2) is 6.76. The summed E-state index contributed by atoms with van der Waals surface area (Å²) in [5.74, 6) is 0.0399. The zero-order chi connectivity index (χ0) is 15.5. The van der Waals surface area contributed by atoms with Gasteiger partial charge in [-0.1, -0.05) is 25.8 Å². The van der Waals surface area contributed by atoms with Gasteiger partial charge in [0.1, 0.15) is 0 Å². The van der Waals surface area contributed by atoms with E-state index in [1.165, 1.54) is 0 Å². The molecule has 122 valence electrons. The van der Waals surface area contributed by atoms with E-state index in [9.17, 15) is 16.8 Å². The van der Waals surface area contributed by atoms with Gasteiger partial charge in [0.25, 0.3) is 0 Å². The van der Waals surface area contributed by atoms with Crippen LogP contribution in [0.1, 0.15) is 38.5 Å². The maximum atomic E-state index is 12.6. The van der Waals surface area contributed by atoms with Gasteiger partial charge in [0.05, 0.1) is 5.25 Å². The molecule has 1 atom stereocenters. The molecule has 0 radical (unpaired) electrons. The van der Waals surface area contributed by atoms with Gasteiger partial charge in [-0.05, 0) is 25.2 Å². The maximum Gasteiger partial charge on any atom is 0.233 e. The highest BCUT2D eigenvalue weighted by Crippen LogP contribution is 2.29. The molecule has 2 fully saturated rings. The minimum absolute atomic E-state index is 0.0399. The van der Waals surface area contributed by atoms with Crippen LogP contribution in [0.3, 0.4) is 0 Å². The molecule has 2 aliphatic rings. The number of nitrogens with one attached hydrogen (secondary N) is 1. The minimum Gasteiger partial charge on any atom is -0.212 e. The normalized spacial score (nSPS) is 26.0. The molecule has 21 heavy (non-hydrogen) atoms. The fraction of sp³-hybridized carbons (Fsp3) is 0.846. The van der Waals surface area contributed by atoms with E-state index in [0.29, 0.717) is 19.5 Å². The Kier molecular flexibility index (Phi) is 5.45. The lowest BCUT2D eigenvalue weighted by Gasteiger charge is -2.27. The van der Waals surface area contributed by atoms with Gasteiger partial charge >= 0.3 is 0 Å². The van der Waals surface area contributed by atoms with Gasteiger partial charge in [0.2, 0.25) is 20.0 Å². The fourth-order valence-corrected chi connectivity index (χ4v) is 5.78. The average molecular weight is 336 g/mol. The first-order chi connectivity index (χ1) is 9.85. The van der Waals surface area contributed by atoms with Crippen molar-refractivity contribution in [3.05, 3.63) is 12.0 Å². The Balaban J connectivity index is 1.90. The third kappa shape index (κ3) is 4.28. The number of sulfonamides is 2. The molecule has 1 saturated carbocycles. The van der Waals surface area contributed by atoms with Crippen LogP contribution >= 0.6 is 0 Å². The highest BCUT2D eigenvalue weighted by molar-refractivity contribution is 7.92. The van der Waals surface area contributed by atoms with Crippen LogP contribution in [-0.4, -0.2) is 46.0 Å². The topological polar surface area (TPSA) is 83.6 Å². The van der Waals surface area contributed by atoms with E-state index in [-0.39, 0.29) is 17.7 Å². The summed E-state index contributed by atoms with van der Waals surface area (Å²) in [6, 6.07) is 0. The molecule has 1 N–H and O–H groups in total. The van der Waals surface area contributed by atoms with Crippen LogP contribution in [0.2, 0.25) is 0 Å². The van der Waals surface area contributed by atoms with Crippen molar-refractivity contribution in [2.24, 2.45) is 5.92 Å². The molecular weight excluding hydrogens is 312 g/mol. The second-order valence-electron chi connectivity index (χ2n) is 5.88. The molecule has 1 unspecified atom stereocenters. The van der Waals surface area contributed by atoms with E-state index < -0.39 is 20.0 Å². The Hall–Kier alpha value is -0.440. The Morgan fingerprint density at radius 1 is 1.10 bits per heavy atom. The molecule has 1 aliphatic carbocycles. The molecule has 1 aliphatic heterocycles. The average Bonchev–Trinajstić information content (AvgIpc) is 2.96. The van der Waals surface area contributed by atoms with Crippen molar-refractivity contribution >= 4 is 20.0 Å². The van der Waals surface area contributed by atoms with Gasteiger partial charge in [-0.25, -0.2) is 25.9 Å². The third-order valence-corrected chi connectivity index (χ3v) is 7.75. The Bertz CT molecular complexity index is 565. The Morgan fingerprint density at radius 3 is 2.38 bits per heavy atom. The lowest BCUT2D eigenvalue weighted by molar-refractivity contribution is 0.418. The van der Waals surface area contributed by atoms with Gasteiger partial charge in [0.15, 0.2) is 0 Å². The predicted octanol–water partition coefficient (Wildman–Crippen LogP) is 1.03. The smallest absolute Gasteiger partial charge is 0.212 e. The third-order valence-electron chi connectivity index (χ3n) is 4.37. The maximum absolute atomic E-state index is 12.6. The molecule has 0 spiro atoms. The zero-order valence-corrected chi connectivity index (χ0v) is 13.8. The van der Waals surface area contributed by atoms with Crippen molar-refractivity contribution in [3.8, 4) is 0 Å². The lowest BCUT2D eigenvalue weighted by atomic mass is 10.0. The summed E-state index contributed by atoms with van der Waals surface area (Å²) in [4.78, 5) is 0. The second-order valence-corrected chi connectivity index (χ2v) is 9.80. The summed E-state index contributed by atoms with van der Waals surface area (Å²) in [6.07, 6.45) is 5.31. The molecule has 2 rings (SSSR count). The first kappa shape index (κ1) is 16.9. The standard InChI is InChI=1S/C13H24N2O4S2/c1-2-20(16,17)14-10-12-8-9-15(11-12)21(18,19)13-6-4-3-5-7-13/h2,12-14H,1,3-11H2. The Morgan fingerprint density at radius 2 is 1.76 bits per heavy atom. The molecular formula is C13H24N2O4S2.